The molecule has 0 aliphatic carbocycles. The lowest BCUT2D eigenvalue weighted by Crippen LogP contribution is -2.36. The van der Waals surface area contributed by atoms with E-state index in [0.29, 0.717) is 0 Å². The highest BCUT2D eigenvalue weighted by Crippen LogP contribution is 2.30. The first-order chi connectivity index (χ1) is 7.75. The summed E-state index contributed by atoms with van der Waals surface area (Å²) < 4.78 is 0. The van der Waals surface area contributed by atoms with Gasteiger partial charge in [-0.05, 0) is 12.8 Å². The highest BCUT2D eigenvalue weighted by molar-refractivity contribution is 5.93. The van der Waals surface area contributed by atoms with Gasteiger partial charge in [0, 0.05) is 6.42 Å². The van der Waals surface area contributed by atoms with Gasteiger partial charge in [0.1, 0.15) is 11.7 Å². The summed E-state index contributed by atoms with van der Waals surface area (Å²) in [5.41, 5.74) is -1.95. The first-order valence-electron chi connectivity index (χ1n) is 4.89. The number of carbonyl (C=O) groups is 4. The Morgan fingerprint density at radius 2 is 1.76 bits per heavy atom. The fourth-order valence-corrected chi connectivity index (χ4v) is 1.42. The normalized spacial score (nSPS) is 15.6. The van der Waals surface area contributed by atoms with Gasteiger partial charge in [-0.25, -0.2) is 0 Å². The summed E-state index contributed by atoms with van der Waals surface area (Å²) in [6.45, 7) is 1.27. The van der Waals surface area contributed by atoms with Crippen molar-refractivity contribution in [1.82, 2.24) is 0 Å². The Balaban J connectivity index is 4.94. The maximum absolute atomic E-state index is 11.0. The summed E-state index contributed by atoms with van der Waals surface area (Å²) in [5, 5.41) is 26.1. The SMILES string of the molecule is CC(CC(C=O)(CCC(=O)O)C(=O)O)C(=O)O. The molecule has 0 heterocycles. The summed E-state index contributed by atoms with van der Waals surface area (Å²) in [4.78, 5) is 42.9. The lowest BCUT2D eigenvalue weighted by Gasteiger charge is -2.24. The maximum Gasteiger partial charge on any atom is 0.316 e. The second-order valence-electron chi connectivity index (χ2n) is 3.92. The molecule has 0 spiro atoms. The Labute approximate surface area is 97.1 Å². The van der Waals surface area contributed by atoms with Crippen LogP contribution in [0.3, 0.4) is 0 Å². The van der Waals surface area contributed by atoms with Crippen LogP contribution in [0, 0.1) is 11.3 Å². The van der Waals surface area contributed by atoms with Crippen LogP contribution >= 0.6 is 0 Å². The predicted molar refractivity (Wildman–Crippen MR) is 54.4 cm³/mol. The zero-order chi connectivity index (χ0) is 13.6. The lowest BCUT2D eigenvalue weighted by atomic mass is 9.77. The Bertz CT molecular complexity index is 336. The van der Waals surface area contributed by atoms with Crippen molar-refractivity contribution in [3.8, 4) is 0 Å². The molecule has 7 nitrogen and oxygen atoms in total. The van der Waals surface area contributed by atoms with Crippen molar-refractivity contribution >= 4 is 24.2 Å². The molecular formula is C10H14O7. The third-order valence-electron chi connectivity index (χ3n) is 2.53. The van der Waals surface area contributed by atoms with Gasteiger partial charge in [0.25, 0.3) is 0 Å². The first kappa shape index (κ1) is 15.1. The van der Waals surface area contributed by atoms with Crippen LogP contribution in [0.4, 0.5) is 0 Å². The van der Waals surface area contributed by atoms with Crippen LogP contribution in [-0.2, 0) is 19.2 Å². The monoisotopic (exact) mass is 246 g/mol. The van der Waals surface area contributed by atoms with Crippen molar-refractivity contribution < 1.29 is 34.5 Å². The van der Waals surface area contributed by atoms with Gasteiger partial charge in [-0.2, -0.15) is 0 Å². The van der Waals surface area contributed by atoms with E-state index in [-0.39, 0.29) is 6.29 Å². The van der Waals surface area contributed by atoms with Crippen LogP contribution in [0.15, 0.2) is 0 Å². The zero-order valence-electron chi connectivity index (χ0n) is 9.25. The van der Waals surface area contributed by atoms with Gasteiger partial charge in [0.2, 0.25) is 0 Å². The quantitative estimate of drug-likeness (QED) is 0.413. The fraction of sp³-hybridized carbons (Fsp3) is 0.600. The molecule has 0 aromatic rings. The minimum absolute atomic E-state index is 0.123. The molecule has 0 saturated carbocycles. The van der Waals surface area contributed by atoms with Gasteiger partial charge in [-0.15, -0.1) is 0 Å². The van der Waals surface area contributed by atoms with Crippen molar-refractivity contribution in [2.45, 2.75) is 26.2 Å². The van der Waals surface area contributed by atoms with E-state index >= 15 is 0 Å². The van der Waals surface area contributed by atoms with E-state index in [1.54, 1.807) is 0 Å². The zero-order valence-corrected chi connectivity index (χ0v) is 9.25. The van der Waals surface area contributed by atoms with Gasteiger partial charge < -0.3 is 20.1 Å². The molecule has 0 amide bonds. The smallest absolute Gasteiger partial charge is 0.316 e. The molecule has 2 unspecified atom stereocenters. The summed E-state index contributed by atoms with van der Waals surface area (Å²) in [7, 11) is 0. The third-order valence-corrected chi connectivity index (χ3v) is 2.53. The molecule has 0 aromatic heterocycles. The molecule has 3 N–H and O–H groups in total. The molecule has 0 aliphatic heterocycles. The van der Waals surface area contributed by atoms with E-state index in [1.807, 2.05) is 0 Å². The molecule has 2 atom stereocenters. The van der Waals surface area contributed by atoms with Gasteiger partial charge in [0.05, 0.1) is 5.92 Å². The molecule has 0 radical (unpaired) electrons. The van der Waals surface area contributed by atoms with Crippen LogP contribution < -0.4 is 0 Å². The fourth-order valence-electron chi connectivity index (χ4n) is 1.42. The number of rotatable bonds is 8. The van der Waals surface area contributed by atoms with Crippen molar-refractivity contribution in [3.05, 3.63) is 0 Å². The van der Waals surface area contributed by atoms with E-state index in [4.69, 9.17) is 15.3 Å². The average Bonchev–Trinajstić information content (AvgIpc) is 2.23. The number of aldehydes is 1. The average molecular weight is 246 g/mol. The van der Waals surface area contributed by atoms with Crippen LogP contribution in [0.25, 0.3) is 0 Å². The Morgan fingerprint density at radius 1 is 1.24 bits per heavy atom. The maximum atomic E-state index is 11.0. The van der Waals surface area contributed by atoms with E-state index < -0.39 is 48.5 Å². The largest absolute Gasteiger partial charge is 0.481 e. The number of hydrogen-bond donors (Lipinski definition) is 3. The van der Waals surface area contributed by atoms with Gasteiger partial charge in [0.15, 0.2) is 0 Å². The van der Waals surface area contributed by atoms with Gasteiger partial charge in [-0.1, -0.05) is 6.92 Å². The topological polar surface area (TPSA) is 129 Å². The molecule has 0 aromatic carbocycles. The Morgan fingerprint density at radius 3 is 2.06 bits per heavy atom. The molecule has 0 bridgehead atoms. The van der Waals surface area contributed by atoms with Gasteiger partial charge >= 0.3 is 17.9 Å². The second-order valence-corrected chi connectivity index (χ2v) is 3.92. The molecule has 96 valence electrons. The third kappa shape index (κ3) is 4.21. The molecule has 0 fully saturated rings. The van der Waals surface area contributed by atoms with E-state index in [0.717, 1.165) is 0 Å². The van der Waals surface area contributed by atoms with Crippen molar-refractivity contribution in [3.63, 3.8) is 0 Å². The van der Waals surface area contributed by atoms with Crippen molar-refractivity contribution in [2.75, 3.05) is 0 Å². The molecular weight excluding hydrogens is 232 g/mol. The van der Waals surface area contributed by atoms with E-state index in [1.165, 1.54) is 6.92 Å². The van der Waals surface area contributed by atoms with Crippen LogP contribution in [0.5, 0.6) is 0 Å². The minimum atomic E-state index is -1.95. The number of aliphatic carboxylic acids is 3. The standard InChI is InChI=1S/C10H14O7/c1-6(8(14)15)4-10(5-11,9(16)17)3-2-7(12)13/h5-6H,2-4H2,1H3,(H,12,13)(H,14,15)(H,16,17). The molecule has 0 saturated heterocycles. The van der Waals surface area contributed by atoms with Crippen LogP contribution in [0.2, 0.25) is 0 Å². The molecule has 0 rings (SSSR count). The number of carbonyl (C=O) groups excluding carboxylic acids is 1. The highest BCUT2D eigenvalue weighted by Gasteiger charge is 2.41. The summed E-state index contributed by atoms with van der Waals surface area (Å²) in [5.74, 6) is -5.00. The number of hydrogen-bond acceptors (Lipinski definition) is 4. The Hall–Kier alpha value is -1.92. The highest BCUT2D eigenvalue weighted by atomic mass is 16.4. The lowest BCUT2D eigenvalue weighted by molar-refractivity contribution is -0.155. The van der Waals surface area contributed by atoms with Gasteiger partial charge in [-0.3, -0.25) is 14.4 Å². The summed E-state index contributed by atoms with van der Waals surface area (Å²) >= 11 is 0. The molecule has 17 heavy (non-hydrogen) atoms. The predicted octanol–water partition coefficient (Wildman–Crippen LogP) is 0.232. The molecule has 7 heteroatoms. The second kappa shape index (κ2) is 5.97. The van der Waals surface area contributed by atoms with E-state index in [2.05, 4.69) is 0 Å². The number of carboxylic acids is 3. The van der Waals surface area contributed by atoms with Crippen molar-refractivity contribution in [2.24, 2.45) is 11.3 Å². The summed E-state index contributed by atoms with van der Waals surface area (Å²) in [6, 6.07) is 0. The van der Waals surface area contributed by atoms with Crippen molar-refractivity contribution in [1.29, 1.82) is 0 Å². The van der Waals surface area contributed by atoms with Crippen LogP contribution in [0.1, 0.15) is 26.2 Å². The Kier molecular flexibility index (Phi) is 5.30. The van der Waals surface area contributed by atoms with E-state index in [9.17, 15) is 19.2 Å². The minimum Gasteiger partial charge on any atom is -0.481 e. The first-order valence-corrected chi connectivity index (χ1v) is 4.89. The number of carboxylic acid groups (broad SMARTS) is 3. The van der Waals surface area contributed by atoms with Crippen LogP contribution in [-0.4, -0.2) is 39.5 Å². The molecule has 0 aliphatic rings. The summed E-state index contributed by atoms with van der Waals surface area (Å²) in [6.07, 6.45) is -1.22.